The number of hydrogen-bond acceptors (Lipinski definition) is 5. The van der Waals surface area contributed by atoms with Gasteiger partial charge < -0.3 is 13.9 Å². The summed E-state index contributed by atoms with van der Waals surface area (Å²) in [5, 5.41) is 10.7. The van der Waals surface area contributed by atoms with Gasteiger partial charge in [-0.05, 0) is 12.1 Å². The Morgan fingerprint density at radius 3 is 2.67 bits per heavy atom. The first-order chi connectivity index (χ1) is 7.12. The van der Waals surface area contributed by atoms with E-state index >= 15 is 0 Å². The smallest absolute Gasteiger partial charge is 0.265 e. The highest BCUT2D eigenvalue weighted by atomic mass is 16.7. The standard InChI is InChI=1S/C9H11NO5/c1-9(10(11)12)5-14-8(15-6-9)7-3-2-4-13-7/h2-4,8H,5-6H2,1H3. The molecule has 1 aromatic heterocycles. The van der Waals surface area contributed by atoms with Gasteiger partial charge in [0.2, 0.25) is 6.29 Å². The van der Waals surface area contributed by atoms with E-state index < -0.39 is 11.8 Å². The predicted molar refractivity (Wildman–Crippen MR) is 48.8 cm³/mol. The molecule has 0 saturated carbocycles. The second kappa shape index (κ2) is 3.63. The van der Waals surface area contributed by atoms with Crippen LogP contribution in [0, 0.1) is 10.1 Å². The maximum atomic E-state index is 10.7. The Kier molecular flexibility index (Phi) is 2.45. The van der Waals surface area contributed by atoms with Crippen LogP contribution in [0.2, 0.25) is 0 Å². The van der Waals surface area contributed by atoms with Crippen molar-refractivity contribution in [1.82, 2.24) is 0 Å². The van der Waals surface area contributed by atoms with Gasteiger partial charge in [-0.3, -0.25) is 10.1 Å². The number of rotatable bonds is 2. The third kappa shape index (κ3) is 1.86. The highest BCUT2D eigenvalue weighted by Gasteiger charge is 2.44. The Morgan fingerprint density at radius 1 is 1.53 bits per heavy atom. The highest BCUT2D eigenvalue weighted by molar-refractivity contribution is 5.00. The lowest BCUT2D eigenvalue weighted by atomic mass is 10.1. The summed E-state index contributed by atoms with van der Waals surface area (Å²) in [6.45, 7) is 1.53. The lowest BCUT2D eigenvalue weighted by Crippen LogP contribution is -2.48. The summed E-state index contributed by atoms with van der Waals surface area (Å²) in [7, 11) is 0. The van der Waals surface area contributed by atoms with Crippen LogP contribution < -0.4 is 0 Å². The third-order valence-electron chi connectivity index (χ3n) is 2.31. The average molecular weight is 213 g/mol. The summed E-state index contributed by atoms with van der Waals surface area (Å²) in [5.41, 5.74) is -1.16. The summed E-state index contributed by atoms with van der Waals surface area (Å²) < 4.78 is 15.6. The minimum atomic E-state index is -1.16. The summed E-state index contributed by atoms with van der Waals surface area (Å²) in [5.74, 6) is 0.528. The van der Waals surface area contributed by atoms with Crippen molar-refractivity contribution in [3.05, 3.63) is 34.3 Å². The first kappa shape index (κ1) is 10.1. The predicted octanol–water partition coefficient (Wildman–Crippen LogP) is 1.36. The van der Waals surface area contributed by atoms with Crippen LogP contribution in [0.15, 0.2) is 22.8 Å². The van der Waals surface area contributed by atoms with E-state index in [-0.39, 0.29) is 18.1 Å². The molecule has 1 aliphatic rings. The van der Waals surface area contributed by atoms with Crippen LogP contribution in [0.3, 0.4) is 0 Å². The van der Waals surface area contributed by atoms with Crippen LogP contribution in [0.5, 0.6) is 0 Å². The van der Waals surface area contributed by atoms with Gasteiger partial charge in [0.15, 0.2) is 5.76 Å². The first-order valence-electron chi connectivity index (χ1n) is 4.53. The van der Waals surface area contributed by atoms with Crippen molar-refractivity contribution in [2.45, 2.75) is 18.8 Å². The van der Waals surface area contributed by atoms with Crippen molar-refractivity contribution in [3.63, 3.8) is 0 Å². The lowest BCUT2D eigenvalue weighted by Gasteiger charge is -2.29. The van der Waals surface area contributed by atoms with E-state index in [1.165, 1.54) is 13.2 Å². The molecule has 6 nitrogen and oxygen atoms in total. The van der Waals surface area contributed by atoms with Crippen LogP contribution in [0.25, 0.3) is 0 Å². The molecule has 1 aromatic rings. The minimum absolute atomic E-state index is 0.0192. The largest absolute Gasteiger partial charge is 0.464 e. The van der Waals surface area contributed by atoms with Gasteiger partial charge in [-0.15, -0.1) is 0 Å². The van der Waals surface area contributed by atoms with Gasteiger partial charge in [0, 0.05) is 11.8 Å². The average Bonchev–Trinajstić information content (AvgIpc) is 2.72. The molecule has 15 heavy (non-hydrogen) atoms. The molecule has 2 heterocycles. The van der Waals surface area contributed by atoms with Crippen LogP contribution in [0.4, 0.5) is 0 Å². The number of furan rings is 1. The molecule has 1 saturated heterocycles. The van der Waals surface area contributed by atoms with E-state index in [1.54, 1.807) is 12.1 Å². The molecule has 0 N–H and O–H groups in total. The summed E-state index contributed by atoms with van der Waals surface area (Å²) in [6.07, 6.45) is 0.872. The lowest BCUT2D eigenvalue weighted by molar-refractivity contribution is -0.587. The van der Waals surface area contributed by atoms with Crippen molar-refractivity contribution in [2.24, 2.45) is 0 Å². The van der Waals surface area contributed by atoms with Crippen LogP contribution >= 0.6 is 0 Å². The Morgan fingerprint density at radius 2 is 2.20 bits per heavy atom. The third-order valence-corrected chi connectivity index (χ3v) is 2.31. The molecule has 0 atom stereocenters. The van der Waals surface area contributed by atoms with Crippen molar-refractivity contribution in [3.8, 4) is 0 Å². The highest BCUT2D eigenvalue weighted by Crippen LogP contribution is 2.28. The van der Waals surface area contributed by atoms with E-state index in [2.05, 4.69) is 0 Å². The van der Waals surface area contributed by atoms with Gasteiger partial charge in [-0.25, -0.2) is 0 Å². The van der Waals surface area contributed by atoms with Crippen molar-refractivity contribution in [2.75, 3.05) is 13.2 Å². The Bertz CT molecular complexity index is 339. The quantitative estimate of drug-likeness (QED) is 0.547. The zero-order valence-corrected chi connectivity index (χ0v) is 8.21. The number of nitro groups is 1. The van der Waals surface area contributed by atoms with E-state index in [0.717, 1.165) is 0 Å². The van der Waals surface area contributed by atoms with Gasteiger partial charge >= 0.3 is 0 Å². The molecule has 1 fully saturated rings. The second-order valence-electron chi connectivity index (χ2n) is 3.72. The van der Waals surface area contributed by atoms with Crippen molar-refractivity contribution >= 4 is 0 Å². The van der Waals surface area contributed by atoms with Crippen LogP contribution in [-0.4, -0.2) is 23.7 Å². The van der Waals surface area contributed by atoms with E-state index in [1.807, 2.05) is 0 Å². The fourth-order valence-corrected chi connectivity index (χ4v) is 1.30. The molecule has 1 aliphatic heterocycles. The maximum absolute atomic E-state index is 10.7. The molecule has 0 aliphatic carbocycles. The molecular weight excluding hydrogens is 202 g/mol. The molecular formula is C9H11NO5. The second-order valence-corrected chi connectivity index (χ2v) is 3.72. The SMILES string of the molecule is CC1([N+](=O)[O-])COC(c2ccco2)OC1. The number of nitrogens with zero attached hydrogens (tertiary/aromatic N) is 1. The molecule has 2 rings (SSSR count). The topological polar surface area (TPSA) is 74.7 Å². The van der Waals surface area contributed by atoms with Gasteiger partial charge in [-0.2, -0.15) is 0 Å². The first-order valence-corrected chi connectivity index (χ1v) is 4.53. The summed E-state index contributed by atoms with van der Waals surface area (Å²) in [6, 6.07) is 3.42. The monoisotopic (exact) mass is 213 g/mol. The summed E-state index contributed by atoms with van der Waals surface area (Å²) >= 11 is 0. The Balaban J connectivity index is 2.01. The number of hydrogen-bond donors (Lipinski definition) is 0. The molecule has 6 heteroatoms. The van der Waals surface area contributed by atoms with Gasteiger partial charge in [0.1, 0.15) is 13.2 Å². The van der Waals surface area contributed by atoms with E-state index in [4.69, 9.17) is 13.9 Å². The van der Waals surface area contributed by atoms with Crippen molar-refractivity contribution < 1.29 is 18.8 Å². The molecule has 0 spiro atoms. The van der Waals surface area contributed by atoms with Crippen LogP contribution in [-0.2, 0) is 9.47 Å². The van der Waals surface area contributed by atoms with Crippen molar-refractivity contribution in [1.29, 1.82) is 0 Å². The Hall–Kier alpha value is -1.40. The minimum Gasteiger partial charge on any atom is -0.464 e. The van der Waals surface area contributed by atoms with E-state index in [9.17, 15) is 10.1 Å². The molecule has 0 aromatic carbocycles. The fraction of sp³-hybridized carbons (Fsp3) is 0.556. The van der Waals surface area contributed by atoms with Gasteiger partial charge in [-0.1, -0.05) is 0 Å². The Labute approximate surface area is 85.9 Å². The zero-order valence-electron chi connectivity index (χ0n) is 8.21. The fourth-order valence-electron chi connectivity index (χ4n) is 1.30. The molecule has 82 valence electrons. The van der Waals surface area contributed by atoms with Gasteiger partial charge in [0.25, 0.3) is 5.54 Å². The zero-order chi connectivity index (χ0) is 10.9. The van der Waals surface area contributed by atoms with E-state index in [0.29, 0.717) is 5.76 Å². The summed E-state index contributed by atoms with van der Waals surface area (Å²) in [4.78, 5) is 10.3. The van der Waals surface area contributed by atoms with Gasteiger partial charge in [0.05, 0.1) is 6.26 Å². The molecule has 0 bridgehead atoms. The normalized spacial score (nSPS) is 31.4. The molecule has 0 unspecified atom stereocenters. The molecule has 0 amide bonds. The van der Waals surface area contributed by atoms with Crippen LogP contribution in [0.1, 0.15) is 19.0 Å². The maximum Gasteiger partial charge on any atom is 0.265 e. The number of ether oxygens (including phenoxy) is 2. The molecule has 0 radical (unpaired) electrons.